The summed E-state index contributed by atoms with van der Waals surface area (Å²) >= 11 is 0. The van der Waals surface area contributed by atoms with Crippen molar-refractivity contribution in [1.82, 2.24) is 10.2 Å². The Kier molecular flexibility index (Phi) is 6.34. The molecule has 0 amide bonds. The van der Waals surface area contributed by atoms with Crippen LogP contribution in [-0.4, -0.2) is 45.2 Å². The molecule has 0 radical (unpaired) electrons. The second-order valence-electron chi connectivity index (χ2n) is 5.79. The summed E-state index contributed by atoms with van der Waals surface area (Å²) in [6.07, 6.45) is 5.12. The van der Waals surface area contributed by atoms with Crippen molar-refractivity contribution in [2.24, 2.45) is 5.92 Å². The standard InChI is InChI=1S/C17H28N2O/c1-18-14-16-9-12-19(13-10-16)11-3-4-15-5-7-17(20-2)8-6-15/h5-8,16,18H,3-4,9-14H2,1-2H3. The van der Waals surface area contributed by atoms with Gasteiger partial charge in [-0.15, -0.1) is 0 Å². The first-order valence-corrected chi connectivity index (χ1v) is 7.81. The summed E-state index contributed by atoms with van der Waals surface area (Å²) in [7, 11) is 3.77. The van der Waals surface area contributed by atoms with Crippen LogP contribution in [0.25, 0.3) is 0 Å². The molecule has 1 aliphatic heterocycles. The van der Waals surface area contributed by atoms with Crippen molar-refractivity contribution in [2.45, 2.75) is 25.7 Å². The van der Waals surface area contributed by atoms with Crippen LogP contribution in [-0.2, 0) is 6.42 Å². The van der Waals surface area contributed by atoms with Crippen LogP contribution in [0.2, 0.25) is 0 Å². The predicted molar refractivity (Wildman–Crippen MR) is 84.4 cm³/mol. The van der Waals surface area contributed by atoms with Crippen molar-refractivity contribution in [2.75, 3.05) is 40.3 Å². The maximum Gasteiger partial charge on any atom is 0.118 e. The third-order valence-corrected chi connectivity index (χ3v) is 4.30. The zero-order valence-corrected chi connectivity index (χ0v) is 12.9. The van der Waals surface area contributed by atoms with Crippen LogP contribution in [0.3, 0.4) is 0 Å². The van der Waals surface area contributed by atoms with Crippen LogP contribution >= 0.6 is 0 Å². The van der Waals surface area contributed by atoms with E-state index in [1.54, 1.807) is 7.11 Å². The number of hydrogen-bond acceptors (Lipinski definition) is 3. The number of nitrogens with zero attached hydrogens (tertiary/aromatic N) is 1. The van der Waals surface area contributed by atoms with E-state index in [4.69, 9.17) is 4.74 Å². The van der Waals surface area contributed by atoms with Crippen LogP contribution in [0, 0.1) is 5.92 Å². The summed E-state index contributed by atoms with van der Waals surface area (Å²) in [5.74, 6) is 1.83. The first-order chi connectivity index (χ1) is 9.81. The highest BCUT2D eigenvalue weighted by molar-refractivity contribution is 5.27. The highest BCUT2D eigenvalue weighted by Gasteiger charge is 2.17. The fourth-order valence-corrected chi connectivity index (χ4v) is 3.00. The van der Waals surface area contributed by atoms with E-state index in [2.05, 4.69) is 41.5 Å². The Hall–Kier alpha value is -1.06. The van der Waals surface area contributed by atoms with Crippen LogP contribution in [0.4, 0.5) is 0 Å². The number of benzene rings is 1. The summed E-state index contributed by atoms with van der Waals surface area (Å²) in [4.78, 5) is 2.62. The molecule has 1 aromatic rings. The van der Waals surface area contributed by atoms with Crippen molar-refractivity contribution in [1.29, 1.82) is 0 Å². The molecule has 3 nitrogen and oxygen atoms in total. The average Bonchev–Trinajstić information content (AvgIpc) is 2.50. The molecule has 112 valence electrons. The van der Waals surface area contributed by atoms with Gasteiger partial charge in [-0.1, -0.05) is 12.1 Å². The van der Waals surface area contributed by atoms with Gasteiger partial charge < -0.3 is 15.0 Å². The lowest BCUT2D eigenvalue weighted by Crippen LogP contribution is -2.37. The van der Waals surface area contributed by atoms with Gasteiger partial charge >= 0.3 is 0 Å². The molecule has 1 fully saturated rings. The van der Waals surface area contributed by atoms with E-state index in [0.29, 0.717) is 0 Å². The van der Waals surface area contributed by atoms with E-state index in [9.17, 15) is 0 Å². The average molecular weight is 276 g/mol. The molecule has 1 aromatic carbocycles. The molecule has 0 unspecified atom stereocenters. The highest BCUT2D eigenvalue weighted by Crippen LogP contribution is 2.17. The van der Waals surface area contributed by atoms with E-state index >= 15 is 0 Å². The first-order valence-electron chi connectivity index (χ1n) is 7.81. The molecule has 0 saturated carbocycles. The molecule has 3 heteroatoms. The number of aryl methyl sites for hydroxylation is 1. The number of methoxy groups -OCH3 is 1. The number of nitrogens with one attached hydrogen (secondary N) is 1. The molecule has 20 heavy (non-hydrogen) atoms. The Morgan fingerprint density at radius 2 is 1.90 bits per heavy atom. The summed E-state index contributed by atoms with van der Waals surface area (Å²) in [6.45, 7) is 4.96. The van der Waals surface area contributed by atoms with E-state index in [0.717, 1.165) is 11.7 Å². The Morgan fingerprint density at radius 3 is 2.50 bits per heavy atom. The molecule has 0 aromatic heterocycles. The Bertz CT molecular complexity index is 369. The monoisotopic (exact) mass is 276 g/mol. The summed E-state index contributed by atoms with van der Waals surface area (Å²) < 4.78 is 5.19. The lowest BCUT2D eigenvalue weighted by Gasteiger charge is -2.31. The van der Waals surface area contributed by atoms with Crippen molar-refractivity contribution >= 4 is 0 Å². The molecule has 2 rings (SSSR count). The maximum absolute atomic E-state index is 5.19. The van der Waals surface area contributed by atoms with Crippen molar-refractivity contribution < 1.29 is 4.74 Å². The van der Waals surface area contributed by atoms with Gasteiger partial charge in [-0.25, -0.2) is 0 Å². The predicted octanol–water partition coefficient (Wildman–Crippen LogP) is 2.56. The van der Waals surface area contributed by atoms with Gasteiger partial charge in [0.25, 0.3) is 0 Å². The normalized spacial score (nSPS) is 17.3. The summed E-state index contributed by atoms with van der Waals surface area (Å²) in [6, 6.07) is 8.47. The Labute approximate surface area is 123 Å². The van der Waals surface area contributed by atoms with Crippen LogP contribution in [0.15, 0.2) is 24.3 Å². The molecule has 0 aliphatic carbocycles. The molecule has 1 N–H and O–H groups in total. The fraction of sp³-hybridized carbons (Fsp3) is 0.647. The molecule has 1 saturated heterocycles. The minimum absolute atomic E-state index is 0.887. The Morgan fingerprint density at radius 1 is 1.20 bits per heavy atom. The van der Waals surface area contributed by atoms with Crippen molar-refractivity contribution in [3.63, 3.8) is 0 Å². The zero-order chi connectivity index (χ0) is 14.2. The minimum Gasteiger partial charge on any atom is -0.497 e. The van der Waals surface area contributed by atoms with E-state index in [-0.39, 0.29) is 0 Å². The third-order valence-electron chi connectivity index (χ3n) is 4.30. The number of hydrogen-bond donors (Lipinski definition) is 1. The van der Waals surface area contributed by atoms with Crippen LogP contribution < -0.4 is 10.1 Å². The lowest BCUT2D eigenvalue weighted by atomic mass is 9.96. The number of ether oxygens (including phenoxy) is 1. The number of likely N-dealkylation sites (tertiary alicyclic amines) is 1. The van der Waals surface area contributed by atoms with Crippen LogP contribution in [0.5, 0.6) is 5.75 Å². The van der Waals surface area contributed by atoms with Gasteiger partial charge in [-0.05, 0) is 82.5 Å². The van der Waals surface area contributed by atoms with Crippen molar-refractivity contribution in [3.8, 4) is 5.75 Å². The van der Waals surface area contributed by atoms with Gasteiger partial charge in [0.15, 0.2) is 0 Å². The van der Waals surface area contributed by atoms with E-state index in [1.165, 1.54) is 57.4 Å². The topological polar surface area (TPSA) is 24.5 Å². The quantitative estimate of drug-likeness (QED) is 0.828. The molecule has 1 aliphatic rings. The van der Waals surface area contributed by atoms with Gasteiger partial charge in [-0.3, -0.25) is 0 Å². The third kappa shape index (κ3) is 4.80. The highest BCUT2D eigenvalue weighted by atomic mass is 16.5. The lowest BCUT2D eigenvalue weighted by molar-refractivity contribution is 0.182. The maximum atomic E-state index is 5.19. The van der Waals surface area contributed by atoms with Gasteiger partial charge in [-0.2, -0.15) is 0 Å². The number of piperidine rings is 1. The van der Waals surface area contributed by atoms with Crippen LogP contribution in [0.1, 0.15) is 24.8 Å². The van der Waals surface area contributed by atoms with E-state index < -0.39 is 0 Å². The summed E-state index contributed by atoms with van der Waals surface area (Å²) in [5, 5.41) is 3.30. The Balaban J connectivity index is 1.63. The van der Waals surface area contributed by atoms with Gasteiger partial charge in [0.2, 0.25) is 0 Å². The molecular formula is C17H28N2O. The van der Waals surface area contributed by atoms with Gasteiger partial charge in [0, 0.05) is 0 Å². The van der Waals surface area contributed by atoms with E-state index in [1.807, 2.05) is 0 Å². The first kappa shape index (κ1) is 15.3. The van der Waals surface area contributed by atoms with Gasteiger partial charge in [0.05, 0.1) is 7.11 Å². The molecule has 0 atom stereocenters. The van der Waals surface area contributed by atoms with Gasteiger partial charge in [0.1, 0.15) is 5.75 Å². The number of rotatable bonds is 7. The molecule has 0 bridgehead atoms. The molecule has 0 spiro atoms. The second kappa shape index (κ2) is 8.28. The zero-order valence-electron chi connectivity index (χ0n) is 12.9. The SMILES string of the molecule is CNCC1CCN(CCCc2ccc(OC)cc2)CC1. The molecule has 1 heterocycles. The molecular weight excluding hydrogens is 248 g/mol. The smallest absolute Gasteiger partial charge is 0.118 e. The second-order valence-corrected chi connectivity index (χ2v) is 5.79. The summed E-state index contributed by atoms with van der Waals surface area (Å²) in [5.41, 5.74) is 1.41. The largest absolute Gasteiger partial charge is 0.497 e. The fourth-order valence-electron chi connectivity index (χ4n) is 3.00. The van der Waals surface area contributed by atoms with Crippen molar-refractivity contribution in [3.05, 3.63) is 29.8 Å². The minimum atomic E-state index is 0.887.